The highest BCUT2D eigenvalue weighted by Gasteiger charge is 2.61. The Bertz CT molecular complexity index is 1170. The van der Waals surface area contributed by atoms with Crippen LogP contribution in [0.5, 0.6) is 0 Å². The highest BCUT2D eigenvalue weighted by molar-refractivity contribution is 6.84. The van der Waals surface area contributed by atoms with E-state index < -0.39 is 41.6 Å². The van der Waals surface area contributed by atoms with Gasteiger partial charge in [0.1, 0.15) is 29.7 Å². The van der Waals surface area contributed by atoms with Gasteiger partial charge in [-0.15, -0.1) is 0 Å². The van der Waals surface area contributed by atoms with Crippen LogP contribution in [0.15, 0.2) is 11.4 Å². The number of rotatable bonds is 6. The molecule has 2 aromatic rings. The largest absolute Gasteiger partial charge is 0.414 e. The first-order valence-corrected chi connectivity index (χ1v) is 17.2. The average Bonchev–Trinajstić information content (AvgIpc) is 3.34. The van der Waals surface area contributed by atoms with Crippen LogP contribution in [0.25, 0.3) is 21.6 Å². The normalized spacial score (nSPS) is 27.5. The van der Waals surface area contributed by atoms with E-state index in [2.05, 4.69) is 80.4 Å². The van der Waals surface area contributed by atoms with E-state index in [0.717, 1.165) is 5.69 Å². The summed E-state index contributed by atoms with van der Waals surface area (Å²) in [6.07, 6.45) is 0.0835. The first-order valence-electron chi connectivity index (χ1n) is 13.3. The van der Waals surface area contributed by atoms with E-state index >= 15 is 0 Å². The van der Waals surface area contributed by atoms with Gasteiger partial charge in [0.2, 0.25) is 0 Å². The van der Waals surface area contributed by atoms with Gasteiger partial charge in [-0.2, -0.15) is 0 Å². The summed E-state index contributed by atoms with van der Waals surface area (Å²) < 4.78 is 29.8. The molecule has 2 aliphatic rings. The summed E-state index contributed by atoms with van der Waals surface area (Å²) in [6, 6.07) is -0.646. The van der Waals surface area contributed by atoms with Crippen LogP contribution in [0, 0.1) is 13.8 Å². The minimum absolute atomic E-state index is 0.150. The van der Waals surface area contributed by atoms with Gasteiger partial charge in [-0.25, -0.2) is 15.0 Å². The molecule has 0 amide bonds. The van der Waals surface area contributed by atoms with E-state index in [1.54, 1.807) is 6.33 Å². The zero-order chi connectivity index (χ0) is 27.3. The average molecular weight is 548 g/mol. The molecule has 2 aliphatic heterocycles. The maximum Gasteiger partial charge on any atom is 0.335 e. The van der Waals surface area contributed by atoms with E-state index in [1.807, 2.05) is 18.4 Å². The molecule has 13 heteroatoms. The summed E-state index contributed by atoms with van der Waals surface area (Å²) in [6.45, 7) is 21.5. The van der Waals surface area contributed by atoms with Crippen molar-refractivity contribution in [2.45, 2.75) is 116 Å². The zero-order valence-electron chi connectivity index (χ0n) is 23.7. The van der Waals surface area contributed by atoms with E-state index in [4.69, 9.17) is 17.7 Å². The number of azide groups is 1. The maximum absolute atomic E-state index is 9.59. The second kappa shape index (κ2) is 10.4. The molecule has 204 valence electrons. The lowest BCUT2D eigenvalue weighted by Crippen LogP contribution is -2.65. The molecule has 0 aromatic carbocycles. The summed E-state index contributed by atoms with van der Waals surface area (Å²) in [5, 5.41) is 4.22. The molecular formula is C24H41N7O4Si2. The lowest BCUT2D eigenvalue weighted by Gasteiger charge is -2.51. The van der Waals surface area contributed by atoms with Crippen molar-refractivity contribution in [1.82, 2.24) is 19.5 Å². The highest BCUT2D eigenvalue weighted by atomic mass is 28.5. The van der Waals surface area contributed by atoms with Crippen molar-refractivity contribution in [1.29, 1.82) is 0 Å². The Labute approximate surface area is 221 Å². The number of nitrogens with zero attached hydrogens (tertiary/aromatic N) is 7. The fourth-order valence-corrected chi connectivity index (χ4v) is 17.1. The quantitative estimate of drug-likeness (QED) is 0.188. The van der Waals surface area contributed by atoms with Crippen LogP contribution in [0.3, 0.4) is 0 Å². The van der Waals surface area contributed by atoms with E-state index in [-0.39, 0.29) is 22.2 Å². The minimum Gasteiger partial charge on any atom is -0.414 e. The third kappa shape index (κ3) is 4.64. The second-order valence-electron chi connectivity index (χ2n) is 11.5. The third-order valence-corrected chi connectivity index (χ3v) is 18.1. The number of hydrogen-bond acceptors (Lipinski definition) is 8. The molecule has 0 bridgehead atoms. The molecule has 37 heavy (non-hydrogen) atoms. The zero-order valence-corrected chi connectivity index (χ0v) is 25.7. The molecule has 2 saturated heterocycles. The van der Waals surface area contributed by atoms with Crippen molar-refractivity contribution in [2.75, 3.05) is 6.61 Å². The van der Waals surface area contributed by atoms with E-state index in [9.17, 15) is 5.53 Å². The van der Waals surface area contributed by atoms with Crippen molar-refractivity contribution < 1.29 is 17.7 Å². The monoisotopic (exact) mass is 547 g/mol. The fraction of sp³-hybridized carbons (Fsp3) is 0.792. The molecule has 0 N–H and O–H groups in total. The molecule has 0 saturated carbocycles. The van der Waals surface area contributed by atoms with Gasteiger partial charge in [0.05, 0.1) is 24.7 Å². The predicted octanol–water partition coefficient (Wildman–Crippen LogP) is 5.98. The van der Waals surface area contributed by atoms with Gasteiger partial charge >= 0.3 is 17.1 Å². The molecule has 1 unspecified atom stereocenters. The summed E-state index contributed by atoms with van der Waals surface area (Å²) in [4.78, 5) is 16.8. The van der Waals surface area contributed by atoms with E-state index in [0.29, 0.717) is 23.6 Å². The summed E-state index contributed by atoms with van der Waals surface area (Å²) >= 11 is 0. The van der Waals surface area contributed by atoms with Gasteiger partial charge in [0.15, 0.2) is 5.65 Å². The van der Waals surface area contributed by atoms with Gasteiger partial charge < -0.3 is 17.7 Å². The summed E-state index contributed by atoms with van der Waals surface area (Å²) in [5.74, 6) is 0.639. The first kappa shape index (κ1) is 28.1. The van der Waals surface area contributed by atoms with Crippen LogP contribution >= 0.6 is 0 Å². The minimum atomic E-state index is -2.90. The van der Waals surface area contributed by atoms with Crippen molar-refractivity contribution in [3.63, 3.8) is 0 Å². The Morgan fingerprint density at radius 3 is 2.19 bits per heavy atom. The number of fused-ring (bicyclic) bond motifs is 2. The molecule has 0 radical (unpaired) electrons. The molecule has 4 rings (SSSR count). The molecular weight excluding hydrogens is 506 g/mol. The number of aromatic nitrogens is 4. The standard InChI is InChI=1S/C24H41N7O4Si2/c1-13(2)36(14(3)4)32-11-19-22(34-37(35-36,15(5)6)16(7)8)21(29-30-25)24(33-19)31-12-26-20-17(9)27-18(10)28-23(20)31/h12-16,19,21-22,24H,11H2,1-10H3/t19-,21+,22?,24-/m1/s1. The Morgan fingerprint density at radius 1 is 1.00 bits per heavy atom. The van der Waals surface area contributed by atoms with Gasteiger partial charge in [0, 0.05) is 4.91 Å². The Morgan fingerprint density at radius 2 is 1.62 bits per heavy atom. The van der Waals surface area contributed by atoms with Gasteiger partial charge in [-0.05, 0) is 41.5 Å². The van der Waals surface area contributed by atoms with Crippen LogP contribution in [0.4, 0.5) is 0 Å². The summed E-state index contributed by atoms with van der Waals surface area (Å²) in [7, 11) is -5.62. The third-order valence-electron chi connectivity index (χ3n) is 7.81. The lowest BCUT2D eigenvalue weighted by atomic mass is 10.1. The van der Waals surface area contributed by atoms with Crippen LogP contribution in [0.2, 0.25) is 22.2 Å². The lowest BCUT2D eigenvalue weighted by molar-refractivity contribution is -0.0546. The molecule has 2 aromatic heterocycles. The second-order valence-corrected chi connectivity index (χ2v) is 20.3. The van der Waals surface area contributed by atoms with Crippen molar-refractivity contribution in [3.8, 4) is 0 Å². The van der Waals surface area contributed by atoms with Crippen LogP contribution in [-0.2, 0) is 17.7 Å². The van der Waals surface area contributed by atoms with Crippen LogP contribution in [0.1, 0.15) is 73.1 Å². The molecule has 4 heterocycles. The summed E-state index contributed by atoms with van der Waals surface area (Å²) in [5.41, 5.74) is 12.5. The molecule has 2 fully saturated rings. The van der Waals surface area contributed by atoms with Gasteiger partial charge in [-0.3, -0.25) is 4.57 Å². The smallest absolute Gasteiger partial charge is 0.335 e. The molecule has 0 aliphatic carbocycles. The highest BCUT2D eigenvalue weighted by Crippen LogP contribution is 2.49. The van der Waals surface area contributed by atoms with Crippen molar-refractivity contribution >= 4 is 28.3 Å². The Hall–Kier alpha value is -1.87. The molecule has 4 atom stereocenters. The predicted molar refractivity (Wildman–Crippen MR) is 145 cm³/mol. The SMILES string of the molecule is Cc1nc(C)c2ncn([C@@H]3O[C@@H]4CO[Si](C(C)C)(C(C)C)O[Si](C(C)C)(C(C)C)OC4[C@@H]3N=[N+]=[N-])c2n1. The van der Waals surface area contributed by atoms with Crippen LogP contribution < -0.4 is 0 Å². The van der Waals surface area contributed by atoms with E-state index in [1.165, 1.54) is 0 Å². The molecule has 11 nitrogen and oxygen atoms in total. The number of hydrogen-bond donors (Lipinski definition) is 0. The number of imidazole rings is 1. The number of ether oxygens (including phenoxy) is 1. The first-order chi connectivity index (χ1) is 17.4. The fourth-order valence-electron chi connectivity index (χ4n) is 5.93. The van der Waals surface area contributed by atoms with Crippen molar-refractivity contribution in [2.24, 2.45) is 5.11 Å². The maximum atomic E-state index is 9.59. The number of aryl methyl sites for hydroxylation is 2. The Kier molecular flexibility index (Phi) is 7.88. The van der Waals surface area contributed by atoms with Crippen molar-refractivity contribution in [3.05, 3.63) is 28.3 Å². The molecule has 0 spiro atoms. The van der Waals surface area contributed by atoms with Gasteiger partial charge in [0.25, 0.3) is 0 Å². The van der Waals surface area contributed by atoms with Gasteiger partial charge in [-0.1, -0.05) is 60.5 Å². The van der Waals surface area contributed by atoms with Crippen LogP contribution in [-0.4, -0.2) is 61.5 Å². The Balaban J connectivity index is 1.85. The topological polar surface area (TPSA) is 129 Å².